The zero-order valence-corrected chi connectivity index (χ0v) is 19.7. The van der Waals surface area contributed by atoms with Crippen LogP contribution in [0, 0.1) is 0 Å². The van der Waals surface area contributed by atoms with Gasteiger partial charge >= 0.3 is 6.61 Å². The first-order valence-corrected chi connectivity index (χ1v) is 10.1. The summed E-state index contributed by atoms with van der Waals surface area (Å²) in [5.41, 5.74) is 0.546. The van der Waals surface area contributed by atoms with Crippen molar-refractivity contribution in [2.24, 2.45) is 4.99 Å². The van der Waals surface area contributed by atoms with Crippen LogP contribution in [0.25, 0.3) is 0 Å². The van der Waals surface area contributed by atoms with Gasteiger partial charge in [0.2, 0.25) is 0 Å². The van der Waals surface area contributed by atoms with E-state index in [1.807, 2.05) is 27.7 Å². The topological polar surface area (TPSA) is 83.0 Å². The molecule has 0 saturated heterocycles. The van der Waals surface area contributed by atoms with Crippen molar-refractivity contribution in [2.75, 3.05) is 25.4 Å². The molecule has 0 bridgehead atoms. The lowest BCUT2D eigenvalue weighted by molar-refractivity contribution is -0.0498. The first-order chi connectivity index (χ1) is 12.6. The third kappa shape index (κ3) is 10.5. The van der Waals surface area contributed by atoms with Gasteiger partial charge in [-0.05, 0) is 45.4 Å². The highest BCUT2D eigenvalue weighted by molar-refractivity contribution is 14.0. The van der Waals surface area contributed by atoms with Crippen LogP contribution in [0.3, 0.4) is 0 Å². The molecule has 2 unspecified atom stereocenters. The number of rotatable bonds is 9. The van der Waals surface area contributed by atoms with E-state index in [-0.39, 0.29) is 41.0 Å². The normalized spacial score (nSPS) is 14.2. The predicted molar refractivity (Wildman–Crippen MR) is 120 cm³/mol. The van der Waals surface area contributed by atoms with Gasteiger partial charge in [0.15, 0.2) is 5.96 Å². The Balaban J connectivity index is 0.00000729. The lowest BCUT2D eigenvalue weighted by Gasteiger charge is -2.18. The molecule has 0 aliphatic heterocycles. The molecule has 0 saturated carbocycles. The molecule has 0 aliphatic carbocycles. The fourth-order valence-electron chi connectivity index (χ4n) is 2.06. The van der Waals surface area contributed by atoms with Crippen LogP contribution in [-0.2, 0) is 10.8 Å². The Labute approximate surface area is 185 Å². The molecular formula is C18H30F2IN3O3S. The maximum absolute atomic E-state index is 12.2. The molecule has 10 heteroatoms. The van der Waals surface area contributed by atoms with Crippen LogP contribution in [0.15, 0.2) is 29.3 Å². The van der Waals surface area contributed by atoms with E-state index >= 15 is 0 Å². The van der Waals surface area contributed by atoms with Crippen LogP contribution in [0.4, 0.5) is 8.78 Å². The number of ether oxygens (including phenoxy) is 1. The molecule has 0 fully saturated rings. The summed E-state index contributed by atoms with van der Waals surface area (Å²) in [6, 6.07) is 5.79. The van der Waals surface area contributed by atoms with Gasteiger partial charge in [0.05, 0.1) is 12.6 Å². The summed E-state index contributed by atoms with van der Waals surface area (Å²) < 4.78 is 40.4. The van der Waals surface area contributed by atoms with E-state index < -0.39 is 23.5 Å². The summed E-state index contributed by atoms with van der Waals surface area (Å²) in [5, 5.41) is 16.4. The number of aliphatic hydroxyl groups excluding tert-OH is 1. The van der Waals surface area contributed by atoms with Crippen molar-refractivity contribution in [3.63, 3.8) is 0 Å². The molecule has 2 atom stereocenters. The maximum atomic E-state index is 12.2. The molecule has 1 aromatic carbocycles. The van der Waals surface area contributed by atoms with Gasteiger partial charge in [0.25, 0.3) is 0 Å². The van der Waals surface area contributed by atoms with E-state index in [9.17, 15) is 18.1 Å². The van der Waals surface area contributed by atoms with Crippen LogP contribution >= 0.6 is 24.0 Å². The number of nitrogens with one attached hydrogen (secondary N) is 2. The highest BCUT2D eigenvalue weighted by Crippen LogP contribution is 2.19. The van der Waals surface area contributed by atoms with Crippen molar-refractivity contribution in [1.29, 1.82) is 0 Å². The Morgan fingerprint density at radius 1 is 1.25 bits per heavy atom. The second-order valence-electron chi connectivity index (χ2n) is 6.77. The fourth-order valence-corrected chi connectivity index (χ4v) is 2.96. The summed E-state index contributed by atoms with van der Waals surface area (Å²) in [5.74, 6) is 1.04. The summed E-state index contributed by atoms with van der Waals surface area (Å²) in [4.78, 5) is 4.31. The molecule has 0 amide bonds. The molecule has 0 heterocycles. The van der Waals surface area contributed by atoms with Gasteiger partial charge in [-0.3, -0.25) is 9.20 Å². The quantitative estimate of drug-likeness (QED) is 0.258. The van der Waals surface area contributed by atoms with Gasteiger partial charge in [-0.15, -0.1) is 24.0 Å². The van der Waals surface area contributed by atoms with Crippen molar-refractivity contribution >= 4 is 40.7 Å². The third-order valence-electron chi connectivity index (χ3n) is 3.52. The molecule has 3 N–H and O–H groups in total. The van der Waals surface area contributed by atoms with Crippen molar-refractivity contribution in [2.45, 2.75) is 45.2 Å². The molecule has 6 nitrogen and oxygen atoms in total. The second kappa shape index (κ2) is 13.3. The van der Waals surface area contributed by atoms with Crippen LogP contribution in [0.2, 0.25) is 0 Å². The summed E-state index contributed by atoms with van der Waals surface area (Å²) in [6.45, 7) is 6.04. The molecule has 28 heavy (non-hydrogen) atoms. The van der Waals surface area contributed by atoms with Crippen LogP contribution in [0.1, 0.15) is 39.4 Å². The minimum absolute atomic E-state index is 0. The fraction of sp³-hybridized carbons (Fsp3) is 0.611. The molecule has 1 rings (SSSR count). The number of alkyl halides is 2. The summed E-state index contributed by atoms with van der Waals surface area (Å²) >= 11 is 0. The number of aliphatic hydroxyl groups is 1. The molecule has 0 aromatic heterocycles. The first kappa shape index (κ1) is 27.0. The highest BCUT2D eigenvalue weighted by Gasteiger charge is 2.18. The van der Waals surface area contributed by atoms with Gasteiger partial charge in [-0.1, -0.05) is 12.1 Å². The van der Waals surface area contributed by atoms with E-state index in [1.165, 1.54) is 24.3 Å². The largest absolute Gasteiger partial charge is 0.435 e. The Hall–Kier alpha value is -1.01. The Kier molecular flexibility index (Phi) is 12.8. The van der Waals surface area contributed by atoms with Gasteiger partial charge in [0, 0.05) is 34.4 Å². The van der Waals surface area contributed by atoms with Gasteiger partial charge in [0.1, 0.15) is 5.75 Å². The van der Waals surface area contributed by atoms with E-state index in [1.54, 1.807) is 0 Å². The van der Waals surface area contributed by atoms with Crippen molar-refractivity contribution in [3.8, 4) is 5.75 Å². The minimum Gasteiger partial charge on any atom is -0.435 e. The van der Waals surface area contributed by atoms with E-state index in [2.05, 4.69) is 20.4 Å². The monoisotopic (exact) mass is 533 g/mol. The zero-order chi connectivity index (χ0) is 20.4. The number of hydrogen-bond donors (Lipinski definition) is 3. The van der Waals surface area contributed by atoms with Crippen molar-refractivity contribution in [3.05, 3.63) is 29.8 Å². The summed E-state index contributed by atoms with van der Waals surface area (Å²) in [7, 11) is -0.967. The Morgan fingerprint density at radius 2 is 1.86 bits per heavy atom. The Morgan fingerprint density at radius 3 is 2.36 bits per heavy atom. The number of benzene rings is 1. The van der Waals surface area contributed by atoms with E-state index in [4.69, 9.17) is 0 Å². The average molecular weight is 533 g/mol. The van der Waals surface area contributed by atoms with Crippen LogP contribution in [-0.4, -0.2) is 52.0 Å². The molecule has 0 aliphatic rings. The number of hydrogen-bond acceptors (Lipinski definition) is 4. The minimum atomic E-state index is -2.88. The lowest BCUT2D eigenvalue weighted by Crippen LogP contribution is -2.40. The molecular weight excluding hydrogens is 503 g/mol. The standard InChI is InChI=1S/C18H29F2N3O3S.HI/c1-5-21-17(22-10-11-27(25)18(2,3)4)23-12-15(24)13-6-8-14(9-7-13)26-16(19)20;/h6-9,15-16,24H,5,10-12H2,1-4H3,(H2,21,22,23);1H. The van der Waals surface area contributed by atoms with Crippen LogP contribution in [0.5, 0.6) is 5.75 Å². The van der Waals surface area contributed by atoms with Gasteiger partial charge < -0.3 is 20.5 Å². The third-order valence-corrected chi connectivity index (χ3v) is 5.46. The molecule has 0 spiro atoms. The van der Waals surface area contributed by atoms with Crippen LogP contribution < -0.4 is 15.4 Å². The number of halogens is 3. The average Bonchev–Trinajstić information content (AvgIpc) is 2.58. The lowest BCUT2D eigenvalue weighted by atomic mass is 10.1. The van der Waals surface area contributed by atoms with E-state index in [0.29, 0.717) is 30.4 Å². The predicted octanol–water partition coefficient (Wildman–Crippen LogP) is 3.04. The zero-order valence-electron chi connectivity index (χ0n) is 16.6. The second-order valence-corrected chi connectivity index (χ2v) is 9.10. The van der Waals surface area contributed by atoms with Crippen molar-refractivity contribution < 1.29 is 22.8 Å². The molecule has 162 valence electrons. The van der Waals surface area contributed by atoms with Gasteiger partial charge in [-0.2, -0.15) is 8.78 Å². The maximum Gasteiger partial charge on any atom is 0.387 e. The molecule has 0 radical (unpaired) electrons. The van der Waals surface area contributed by atoms with E-state index in [0.717, 1.165) is 0 Å². The smallest absolute Gasteiger partial charge is 0.387 e. The summed E-state index contributed by atoms with van der Waals surface area (Å²) in [6.07, 6.45) is -0.884. The molecule has 1 aromatic rings. The number of aliphatic imine (C=N–C) groups is 1. The number of nitrogens with zero attached hydrogens (tertiary/aromatic N) is 1. The highest BCUT2D eigenvalue weighted by atomic mass is 127. The van der Waals surface area contributed by atoms with Crippen molar-refractivity contribution in [1.82, 2.24) is 10.6 Å². The van der Waals surface area contributed by atoms with Gasteiger partial charge in [-0.25, -0.2) is 0 Å². The SMILES string of the molecule is CCNC(=NCC(O)c1ccc(OC(F)F)cc1)NCCS(=O)C(C)(C)C.I. The first-order valence-electron chi connectivity index (χ1n) is 8.77. The Bertz CT molecular complexity index is 625. The number of guanidine groups is 1.